The van der Waals surface area contributed by atoms with Crippen molar-refractivity contribution in [1.29, 1.82) is 0 Å². The van der Waals surface area contributed by atoms with Crippen molar-refractivity contribution < 1.29 is 24.2 Å². The molecule has 0 radical (unpaired) electrons. The second-order valence-electron chi connectivity index (χ2n) is 3.48. The molecule has 1 heterocycles. The minimum Gasteiger partial charge on any atom is -0.464 e. The molecule has 1 aliphatic heterocycles. The van der Waals surface area contributed by atoms with Gasteiger partial charge in [0.2, 0.25) is 0 Å². The lowest BCUT2D eigenvalue weighted by Gasteiger charge is -2.21. The molecule has 1 N–H and O–H groups in total. The van der Waals surface area contributed by atoms with Gasteiger partial charge in [-0.1, -0.05) is 30.3 Å². The smallest absolute Gasteiger partial charge is 0.384 e. The van der Waals surface area contributed by atoms with Gasteiger partial charge in [0, 0.05) is 11.6 Å². The van der Waals surface area contributed by atoms with Crippen LogP contribution in [0.1, 0.15) is 5.56 Å². The van der Waals surface area contributed by atoms with Crippen LogP contribution < -0.4 is 0 Å². The standard InChI is InChI=1S/C12H10O5/c1-16-11(14)12(15)9(7-10(13)17-12)8-5-3-2-4-6-8/h2-7,15H,1H3. The van der Waals surface area contributed by atoms with Gasteiger partial charge in [0.1, 0.15) is 0 Å². The highest BCUT2D eigenvalue weighted by molar-refractivity contribution is 6.07. The topological polar surface area (TPSA) is 72.8 Å². The predicted octanol–water partition coefficient (Wildman–Crippen LogP) is 0.488. The van der Waals surface area contributed by atoms with E-state index in [0.29, 0.717) is 5.56 Å². The van der Waals surface area contributed by atoms with Crippen LogP contribution in [0.4, 0.5) is 0 Å². The lowest BCUT2D eigenvalue weighted by molar-refractivity contribution is -0.200. The van der Waals surface area contributed by atoms with E-state index in [4.69, 9.17) is 0 Å². The number of hydrogen-bond acceptors (Lipinski definition) is 5. The molecule has 1 atom stereocenters. The lowest BCUT2D eigenvalue weighted by atomic mass is 9.99. The fourth-order valence-corrected chi connectivity index (χ4v) is 1.63. The summed E-state index contributed by atoms with van der Waals surface area (Å²) in [4.78, 5) is 22.7. The summed E-state index contributed by atoms with van der Waals surface area (Å²) < 4.78 is 9.05. The monoisotopic (exact) mass is 234 g/mol. The van der Waals surface area contributed by atoms with Crippen molar-refractivity contribution in [2.75, 3.05) is 7.11 Å². The fraction of sp³-hybridized carbons (Fsp3) is 0.167. The summed E-state index contributed by atoms with van der Waals surface area (Å²) in [6, 6.07) is 8.52. The zero-order valence-electron chi connectivity index (χ0n) is 9.04. The molecule has 0 saturated heterocycles. The molecule has 0 spiro atoms. The van der Waals surface area contributed by atoms with Crippen molar-refractivity contribution >= 4 is 17.5 Å². The molecule has 1 aromatic carbocycles. The van der Waals surface area contributed by atoms with Crippen LogP contribution >= 0.6 is 0 Å². The van der Waals surface area contributed by atoms with Crippen LogP contribution in [0.25, 0.3) is 5.57 Å². The molecule has 0 fully saturated rings. The molecule has 0 saturated carbocycles. The van der Waals surface area contributed by atoms with E-state index >= 15 is 0 Å². The number of ether oxygens (including phenoxy) is 2. The maximum absolute atomic E-state index is 11.5. The summed E-state index contributed by atoms with van der Waals surface area (Å²) in [5.74, 6) is -4.16. The van der Waals surface area contributed by atoms with Gasteiger partial charge in [-0.15, -0.1) is 0 Å². The molecular weight excluding hydrogens is 224 g/mol. The number of cyclic esters (lactones) is 1. The van der Waals surface area contributed by atoms with E-state index in [1.54, 1.807) is 30.3 Å². The number of aliphatic hydroxyl groups is 1. The van der Waals surface area contributed by atoms with Crippen molar-refractivity contribution in [3.63, 3.8) is 0 Å². The number of carbonyl (C=O) groups is 2. The molecule has 1 aliphatic rings. The second-order valence-corrected chi connectivity index (χ2v) is 3.48. The minimum absolute atomic E-state index is 0.0787. The van der Waals surface area contributed by atoms with E-state index in [1.807, 2.05) is 0 Å². The zero-order valence-corrected chi connectivity index (χ0v) is 9.04. The number of esters is 2. The minimum atomic E-state index is -2.35. The average Bonchev–Trinajstić information content (AvgIpc) is 2.66. The van der Waals surface area contributed by atoms with Crippen LogP contribution in [0, 0.1) is 0 Å². The summed E-state index contributed by atoms with van der Waals surface area (Å²) in [6.45, 7) is 0. The van der Waals surface area contributed by atoms with Gasteiger partial charge in [-0.25, -0.2) is 9.59 Å². The summed E-state index contributed by atoms with van der Waals surface area (Å²) in [7, 11) is 1.11. The maximum atomic E-state index is 11.5. The summed E-state index contributed by atoms with van der Waals surface area (Å²) >= 11 is 0. The zero-order chi connectivity index (χ0) is 12.5. The molecule has 88 valence electrons. The Bertz CT molecular complexity index is 491. The van der Waals surface area contributed by atoms with Gasteiger partial charge >= 0.3 is 17.7 Å². The van der Waals surface area contributed by atoms with Crippen LogP contribution in [-0.4, -0.2) is 29.9 Å². The van der Waals surface area contributed by atoms with Crippen LogP contribution in [0.5, 0.6) is 0 Å². The van der Waals surface area contributed by atoms with Crippen LogP contribution in [0.3, 0.4) is 0 Å². The molecule has 1 aromatic rings. The van der Waals surface area contributed by atoms with Crippen molar-refractivity contribution in [3.05, 3.63) is 42.0 Å². The van der Waals surface area contributed by atoms with Crippen molar-refractivity contribution in [3.8, 4) is 0 Å². The Morgan fingerprint density at radius 3 is 2.59 bits per heavy atom. The average molecular weight is 234 g/mol. The first kappa shape index (κ1) is 11.3. The highest BCUT2D eigenvalue weighted by atomic mass is 16.7. The number of carbonyl (C=O) groups excluding carboxylic acids is 2. The van der Waals surface area contributed by atoms with Crippen molar-refractivity contribution in [1.82, 2.24) is 0 Å². The molecule has 0 bridgehead atoms. The van der Waals surface area contributed by atoms with E-state index in [0.717, 1.165) is 13.2 Å². The van der Waals surface area contributed by atoms with E-state index in [-0.39, 0.29) is 5.57 Å². The van der Waals surface area contributed by atoms with Gasteiger partial charge in [0.05, 0.1) is 7.11 Å². The first-order valence-corrected chi connectivity index (χ1v) is 4.89. The molecule has 0 amide bonds. The molecule has 5 nitrogen and oxygen atoms in total. The van der Waals surface area contributed by atoms with E-state index < -0.39 is 17.7 Å². The van der Waals surface area contributed by atoms with Crippen LogP contribution in [-0.2, 0) is 19.1 Å². The van der Waals surface area contributed by atoms with E-state index in [9.17, 15) is 14.7 Å². The Morgan fingerprint density at radius 2 is 2.00 bits per heavy atom. The molecule has 5 heteroatoms. The first-order valence-electron chi connectivity index (χ1n) is 4.89. The van der Waals surface area contributed by atoms with Gasteiger partial charge in [0.25, 0.3) is 0 Å². The van der Waals surface area contributed by atoms with Gasteiger partial charge in [-0.05, 0) is 5.56 Å². The highest BCUT2D eigenvalue weighted by Gasteiger charge is 2.50. The molecule has 0 aliphatic carbocycles. The van der Waals surface area contributed by atoms with Gasteiger partial charge in [-0.2, -0.15) is 0 Å². The number of methoxy groups -OCH3 is 1. The highest BCUT2D eigenvalue weighted by Crippen LogP contribution is 2.34. The Labute approximate surface area is 97.3 Å². The Kier molecular flexibility index (Phi) is 2.69. The van der Waals surface area contributed by atoms with Gasteiger partial charge in [0.15, 0.2) is 0 Å². The normalized spacial score (nSPS) is 22.9. The van der Waals surface area contributed by atoms with Gasteiger partial charge < -0.3 is 14.6 Å². The fourth-order valence-electron chi connectivity index (χ4n) is 1.63. The third kappa shape index (κ3) is 1.81. The number of hydrogen-bond donors (Lipinski definition) is 1. The SMILES string of the molecule is COC(=O)C1(O)OC(=O)C=C1c1ccccc1. The van der Waals surface area contributed by atoms with Crippen molar-refractivity contribution in [2.24, 2.45) is 0 Å². The predicted molar refractivity (Wildman–Crippen MR) is 57.5 cm³/mol. The largest absolute Gasteiger partial charge is 0.464 e. The van der Waals surface area contributed by atoms with Crippen LogP contribution in [0.15, 0.2) is 36.4 Å². The van der Waals surface area contributed by atoms with Crippen molar-refractivity contribution in [2.45, 2.75) is 5.79 Å². The molecular formula is C12H10O5. The molecule has 1 unspecified atom stereocenters. The second kappa shape index (κ2) is 4.03. The van der Waals surface area contributed by atoms with E-state index in [2.05, 4.69) is 9.47 Å². The molecule has 0 aromatic heterocycles. The number of benzene rings is 1. The van der Waals surface area contributed by atoms with Gasteiger partial charge in [-0.3, -0.25) is 0 Å². The van der Waals surface area contributed by atoms with Crippen LogP contribution in [0.2, 0.25) is 0 Å². The summed E-state index contributed by atoms with van der Waals surface area (Å²) in [5.41, 5.74) is 0.598. The summed E-state index contributed by atoms with van der Waals surface area (Å²) in [6.07, 6.45) is 1.08. The Balaban J connectivity index is 2.47. The Morgan fingerprint density at radius 1 is 1.35 bits per heavy atom. The maximum Gasteiger partial charge on any atom is 0.384 e. The van der Waals surface area contributed by atoms with E-state index in [1.165, 1.54) is 0 Å². The third-order valence-corrected chi connectivity index (χ3v) is 2.42. The summed E-state index contributed by atoms with van der Waals surface area (Å²) in [5, 5.41) is 10.1. The lowest BCUT2D eigenvalue weighted by Crippen LogP contribution is -2.41. The first-order chi connectivity index (χ1) is 8.08. The molecule has 17 heavy (non-hydrogen) atoms. The third-order valence-electron chi connectivity index (χ3n) is 2.42. The molecule has 2 rings (SSSR count). The quantitative estimate of drug-likeness (QED) is 0.754. The number of rotatable bonds is 2. The Hall–Kier alpha value is -2.14.